The number of fused-ring (bicyclic) bond motifs is 1. The third-order valence-corrected chi connectivity index (χ3v) is 5.36. The molecule has 0 aromatic heterocycles. The maximum Gasteiger partial charge on any atom is 0.260 e. The van der Waals surface area contributed by atoms with Crippen LogP contribution in [-0.4, -0.2) is 42.1 Å². The number of halogens is 1. The third-order valence-electron chi connectivity index (χ3n) is 5.04. The number of hydrogen-bond acceptors (Lipinski definition) is 4. The highest BCUT2D eigenvalue weighted by Crippen LogP contribution is 2.34. The number of carbonyl (C=O) groups excluding carboxylic acids is 2. The summed E-state index contributed by atoms with van der Waals surface area (Å²) in [4.78, 5) is 26.7. The lowest BCUT2D eigenvalue weighted by molar-refractivity contribution is -0.134. The molecule has 0 unspecified atom stereocenters. The van der Waals surface area contributed by atoms with Gasteiger partial charge in [0, 0.05) is 25.9 Å². The summed E-state index contributed by atoms with van der Waals surface area (Å²) in [6.45, 7) is 1.09. The molecule has 2 N–H and O–H groups in total. The van der Waals surface area contributed by atoms with Gasteiger partial charge >= 0.3 is 0 Å². The number of likely N-dealkylation sites (tertiary alicyclic amines) is 1. The Morgan fingerprint density at radius 1 is 1.07 bits per heavy atom. The van der Waals surface area contributed by atoms with Crippen LogP contribution in [0, 0.1) is 0 Å². The second-order valence-corrected chi connectivity index (χ2v) is 7.21. The van der Waals surface area contributed by atoms with Crippen LogP contribution in [0.15, 0.2) is 48.5 Å². The molecule has 2 heterocycles. The van der Waals surface area contributed by atoms with Crippen molar-refractivity contribution in [3.05, 3.63) is 59.1 Å². The summed E-state index contributed by atoms with van der Waals surface area (Å²) in [6.07, 6.45) is 1.23. The molecule has 2 aliphatic heterocycles. The first-order valence-corrected chi connectivity index (χ1v) is 9.29. The predicted octanol–water partition coefficient (Wildman–Crippen LogP) is 2.89. The van der Waals surface area contributed by atoms with E-state index in [1.165, 1.54) is 0 Å². The normalized spacial score (nSPS) is 17.7. The quantitative estimate of drug-likeness (QED) is 0.852. The van der Waals surface area contributed by atoms with Gasteiger partial charge in [0.2, 0.25) is 0 Å². The largest absolute Gasteiger partial charge is 0.484 e. The maximum absolute atomic E-state index is 12.5. The summed E-state index contributed by atoms with van der Waals surface area (Å²) in [6, 6.07) is 14.7. The van der Waals surface area contributed by atoms with E-state index in [0.29, 0.717) is 42.3 Å². The van der Waals surface area contributed by atoms with Crippen LogP contribution in [0.1, 0.15) is 23.2 Å². The van der Waals surface area contributed by atoms with Gasteiger partial charge in [-0.2, -0.15) is 0 Å². The topological polar surface area (TPSA) is 70.7 Å². The van der Waals surface area contributed by atoms with Gasteiger partial charge in [-0.05, 0) is 24.3 Å². The lowest BCUT2D eigenvalue weighted by Crippen LogP contribution is -2.63. The SMILES string of the molecule is O=C1NC2(CCN(C(=O)COc3ccccc3)CC2)Nc2cccc(Cl)c21. The van der Waals surface area contributed by atoms with Crippen molar-refractivity contribution in [3.8, 4) is 5.75 Å². The van der Waals surface area contributed by atoms with Crippen LogP contribution < -0.4 is 15.4 Å². The molecule has 7 heteroatoms. The molecule has 0 bridgehead atoms. The van der Waals surface area contributed by atoms with E-state index in [4.69, 9.17) is 16.3 Å². The molecule has 1 fully saturated rings. The van der Waals surface area contributed by atoms with Gasteiger partial charge in [-0.1, -0.05) is 35.9 Å². The van der Waals surface area contributed by atoms with E-state index in [2.05, 4.69) is 10.6 Å². The van der Waals surface area contributed by atoms with Crippen molar-refractivity contribution < 1.29 is 14.3 Å². The second kappa shape index (κ2) is 7.12. The molecule has 6 nitrogen and oxygen atoms in total. The molecular formula is C20H20ClN3O3. The highest BCUT2D eigenvalue weighted by atomic mass is 35.5. The van der Waals surface area contributed by atoms with E-state index in [0.717, 1.165) is 5.69 Å². The lowest BCUT2D eigenvalue weighted by atomic mass is 9.92. The zero-order valence-corrected chi connectivity index (χ0v) is 15.5. The summed E-state index contributed by atoms with van der Waals surface area (Å²) in [7, 11) is 0. The number of carbonyl (C=O) groups is 2. The van der Waals surface area contributed by atoms with Crippen molar-refractivity contribution in [3.63, 3.8) is 0 Å². The molecule has 0 saturated carbocycles. The van der Waals surface area contributed by atoms with Gasteiger partial charge in [-0.25, -0.2) is 0 Å². The molecule has 1 saturated heterocycles. The number of nitrogens with zero attached hydrogens (tertiary/aromatic N) is 1. The van der Waals surface area contributed by atoms with Gasteiger partial charge in [0.1, 0.15) is 11.4 Å². The Kier molecular flexibility index (Phi) is 4.66. The van der Waals surface area contributed by atoms with Crippen LogP contribution in [0.4, 0.5) is 5.69 Å². The van der Waals surface area contributed by atoms with Gasteiger partial charge in [0.15, 0.2) is 6.61 Å². The molecular weight excluding hydrogens is 366 g/mol. The fourth-order valence-electron chi connectivity index (χ4n) is 3.57. The van der Waals surface area contributed by atoms with Crippen LogP contribution in [-0.2, 0) is 4.79 Å². The standard InChI is InChI=1S/C20H20ClN3O3/c21-15-7-4-8-16-18(15)19(26)23-20(22-16)9-11-24(12-10-20)17(25)13-27-14-5-2-1-3-6-14/h1-8,22H,9-13H2,(H,23,26). The van der Waals surface area contributed by atoms with Crippen LogP contribution in [0.25, 0.3) is 0 Å². The minimum absolute atomic E-state index is 0.00917. The van der Waals surface area contributed by atoms with Crippen LogP contribution in [0.5, 0.6) is 5.75 Å². The summed E-state index contributed by atoms with van der Waals surface area (Å²) in [5.41, 5.74) is 0.657. The van der Waals surface area contributed by atoms with Crippen molar-refractivity contribution in [2.45, 2.75) is 18.5 Å². The van der Waals surface area contributed by atoms with E-state index < -0.39 is 5.66 Å². The Hall–Kier alpha value is -2.73. The monoisotopic (exact) mass is 385 g/mol. The van der Waals surface area contributed by atoms with Gasteiger partial charge < -0.3 is 20.3 Å². The molecule has 2 aromatic rings. The Labute approximate surface area is 162 Å². The Morgan fingerprint density at radius 2 is 1.81 bits per heavy atom. The van der Waals surface area contributed by atoms with E-state index in [1.807, 2.05) is 42.5 Å². The summed E-state index contributed by atoms with van der Waals surface area (Å²) in [5, 5.41) is 6.89. The van der Waals surface area contributed by atoms with Gasteiger partial charge in [-0.3, -0.25) is 9.59 Å². The van der Waals surface area contributed by atoms with E-state index >= 15 is 0 Å². The number of benzene rings is 2. The summed E-state index contributed by atoms with van der Waals surface area (Å²) < 4.78 is 5.54. The first-order chi connectivity index (χ1) is 13.1. The van der Waals surface area contributed by atoms with Crippen molar-refractivity contribution in [1.82, 2.24) is 10.2 Å². The first kappa shape index (κ1) is 17.7. The third kappa shape index (κ3) is 3.57. The minimum Gasteiger partial charge on any atom is -0.484 e. The van der Waals surface area contributed by atoms with Crippen molar-refractivity contribution >= 4 is 29.1 Å². The summed E-state index contributed by atoms with van der Waals surface area (Å²) >= 11 is 6.15. The first-order valence-electron chi connectivity index (χ1n) is 8.91. The molecule has 0 radical (unpaired) electrons. The van der Waals surface area contributed by atoms with Gasteiger partial charge in [-0.15, -0.1) is 0 Å². The molecule has 1 spiro atoms. The average Bonchev–Trinajstić information content (AvgIpc) is 2.67. The van der Waals surface area contributed by atoms with E-state index in [9.17, 15) is 9.59 Å². The highest BCUT2D eigenvalue weighted by molar-refractivity contribution is 6.34. The predicted molar refractivity (Wildman–Crippen MR) is 103 cm³/mol. The second-order valence-electron chi connectivity index (χ2n) is 6.81. The number of hydrogen-bond donors (Lipinski definition) is 2. The molecule has 2 aromatic carbocycles. The van der Waals surface area contributed by atoms with Crippen LogP contribution >= 0.6 is 11.6 Å². The van der Waals surface area contributed by atoms with Crippen LogP contribution in [0.3, 0.4) is 0 Å². The molecule has 2 aliphatic rings. The van der Waals surface area contributed by atoms with Crippen LogP contribution in [0.2, 0.25) is 5.02 Å². The number of amides is 2. The van der Waals surface area contributed by atoms with Crippen molar-refractivity contribution in [2.24, 2.45) is 0 Å². The Balaban J connectivity index is 1.37. The number of para-hydroxylation sites is 1. The molecule has 0 aliphatic carbocycles. The molecule has 0 atom stereocenters. The summed E-state index contributed by atoms with van der Waals surface area (Å²) in [5.74, 6) is 0.440. The number of ether oxygens (including phenoxy) is 1. The van der Waals surface area contributed by atoms with Crippen molar-refractivity contribution in [1.29, 1.82) is 0 Å². The Bertz CT molecular complexity index is 864. The smallest absolute Gasteiger partial charge is 0.260 e. The molecule has 27 heavy (non-hydrogen) atoms. The number of anilines is 1. The number of nitrogens with one attached hydrogen (secondary N) is 2. The maximum atomic E-state index is 12.5. The zero-order valence-electron chi connectivity index (χ0n) is 14.7. The molecule has 4 rings (SSSR count). The van der Waals surface area contributed by atoms with Gasteiger partial charge in [0.25, 0.3) is 11.8 Å². The fourth-order valence-corrected chi connectivity index (χ4v) is 3.83. The van der Waals surface area contributed by atoms with E-state index in [1.54, 1.807) is 11.0 Å². The Morgan fingerprint density at radius 3 is 2.56 bits per heavy atom. The highest BCUT2D eigenvalue weighted by Gasteiger charge is 2.41. The fraction of sp³-hybridized carbons (Fsp3) is 0.300. The molecule has 2 amide bonds. The van der Waals surface area contributed by atoms with Crippen molar-refractivity contribution in [2.75, 3.05) is 25.0 Å². The zero-order chi connectivity index (χ0) is 18.9. The lowest BCUT2D eigenvalue weighted by Gasteiger charge is -2.46. The minimum atomic E-state index is -0.550. The van der Waals surface area contributed by atoms with E-state index in [-0.39, 0.29) is 18.4 Å². The number of piperidine rings is 1. The molecule has 140 valence electrons. The number of rotatable bonds is 3. The average molecular weight is 386 g/mol. The van der Waals surface area contributed by atoms with Gasteiger partial charge in [0.05, 0.1) is 16.3 Å².